The molecule has 0 bridgehead atoms. The highest BCUT2D eigenvalue weighted by molar-refractivity contribution is 5.75. The number of hydrogen-bond donors (Lipinski definition) is 0. The summed E-state index contributed by atoms with van der Waals surface area (Å²) in [5.41, 5.74) is 3.55. The van der Waals surface area contributed by atoms with Crippen LogP contribution in [0.15, 0.2) is 67.0 Å². The largest absolute Gasteiger partial charge is 0.493 e. The van der Waals surface area contributed by atoms with Gasteiger partial charge in [-0.25, -0.2) is 9.97 Å². The quantitative estimate of drug-likeness (QED) is 0.691. The minimum Gasteiger partial charge on any atom is -0.493 e. The molecule has 0 radical (unpaired) electrons. The molecular weight excluding hydrogens is 336 g/mol. The van der Waals surface area contributed by atoms with Gasteiger partial charge < -0.3 is 14.5 Å². The molecule has 3 aromatic rings. The summed E-state index contributed by atoms with van der Waals surface area (Å²) >= 11 is 0. The molecule has 0 atom stereocenters. The van der Waals surface area contributed by atoms with Gasteiger partial charge in [0.05, 0.1) is 6.61 Å². The minimum absolute atomic E-state index is 0.662. The lowest BCUT2D eigenvalue weighted by atomic mass is 10.0. The summed E-state index contributed by atoms with van der Waals surface area (Å²) < 4.78 is 5.87. The van der Waals surface area contributed by atoms with Gasteiger partial charge >= 0.3 is 0 Å². The summed E-state index contributed by atoms with van der Waals surface area (Å²) in [4.78, 5) is 13.4. The number of piperazine rings is 1. The molecule has 5 nitrogen and oxygen atoms in total. The zero-order valence-electron chi connectivity index (χ0n) is 15.6. The van der Waals surface area contributed by atoms with E-state index >= 15 is 0 Å². The lowest BCUT2D eigenvalue weighted by Gasteiger charge is -2.36. The van der Waals surface area contributed by atoms with Crippen LogP contribution in [0.1, 0.15) is 6.92 Å². The summed E-state index contributed by atoms with van der Waals surface area (Å²) in [6.45, 7) is 6.40. The second kappa shape index (κ2) is 8.08. The van der Waals surface area contributed by atoms with Crippen LogP contribution in [0.5, 0.6) is 5.75 Å². The highest BCUT2D eigenvalue weighted by atomic mass is 16.5. The van der Waals surface area contributed by atoms with Crippen LogP contribution in [0.4, 0.5) is 11.6 Å². The molecule has 27 heavy (non-hydrogen) atoms. The molecule has 2 heterocycles. The molecule has 1 aliphatic rings. The second-order valence-electron chi connectivity index (χ2n) is 6.50. The number of benzene rings is 2. The van der Waals surface area contributed by atoms with E-state index in [0.29, 0.717) is 6.61 Å². The molecule has 0 spiro atoms. The molecule has 0 saturated carbocycles. The first-order valence-electron chi connectivity index (χ1n) is 9.44. The summed E-state index contributed by atoms with van der Waals surface area (Å²) in [5.74, 6) is 1.75. The number of nitrogens with zero attached hydrogens (tertiary/aromatic N) is 4. The Morgan fingerprint density at radius 2 is 1.56 bits per heavy atom. The Hall–Kier alpha value is -3.08. The maximum Gasteiger partial charge on any atom is 0.225 e. The fraction of sp³-hybridized carbons (Fsp3) is 0.273. The van der Waals surface area contributed by atoms with Crippen molar-refractivity contribution >= 4 is 11.6 Å². The zero-order valence-corrected chi connectivity index (χ0v) is 15.6. The van der Waals surface area contributed by atoms with Crippen molar-refractivity contribution in [1.29, 1.82) is 0 Å². The lowest BCUT2D eigenvalue weighted by Crippen LogP contribution is -2.47. The third-order valence-corrected chi connectivity index (χ3v) is 4.83. The average Bonchev–Trinajstić information content (AvgIpc) is 2.76. The molecule has 1 aliphatic heterocycles. The van der Waals surface area contributed by atoms with Crippen LogP contribution in [0, 0.1) is 0 Å². The smallest absolute Gasteiger partial charge is 0.225 e. The van der Waals surface area contributed by atoms with Crippen LogP contribution in [0.25, 0.3) is 11.1 Å². The van der Waals surface area contributed by atoms with Gasteiger partial charge in [-0.3, -0.25) is 0 Å². The lowest BCUT2D eigenvalue weighted by molar-refractivity contribution is 0.341. The minimum atomic E-state index is 0.662. The Kier molecular flexibility index (Phi) is 5.19. The summed E-state index contributed by atoms with van der Waals surface area (Å²) in [5, 5.41) is 0. The molecule has 1 saturated heterocycles. The van der Waals surface area contributed by atoms with Gasteiger partial charge in [-0.05, 0) is 36.8 Å². The summed E-state index contributed by atoms with van der Waals surface area (Å²) in [6.07, 6.45) is 3.60. The van der Waals surface area contributed by atoms with Gasteiger partial charge in [0.25, 0.3) is 0 Å². The van der Waals surface area contributed by atoms with E-state index in [1.807, 2.05) is 19.1 Å². The van der Waals surface area contributed by atoms with Crippen molar-refractivity contribution in [2.75, 3.05) is 42.6 Å². The molecule has 138 valence electrons. The van der Waals surface area contributed by atoms with Crippen molar-refractivity contribution in [2.24, 2.45) is 0 Å². The van der Waals surface area contributed by atoms with E-state index in [9.17, 15) is 0 Å². The van der Waals surface area contributed by atoms with Crippen molar-refractivity contribution in [2.45, 2.75) is 6.92 Å². The van der Waals surface area contributed by atoms with Gasteiger partial charge in [0.15, 0.2) is 0 Å². The van der Waals surface area contributed by atoms with E-state index in [1.54, 1.807) is 12.4 Å². The molecule has 1 fully saturated rings. The van der Waals surface area contributed by atoms with E-state index < -0.39 is 0 Å². The normalized spacial score (nSPS) is 14.3. The molecule has 5 heteroatoms. The Balaban J connectivity index is 1.54. The van der Waals surface area contributed by atoms with Crippen LogP contribution in [-0.2, 0) is 0 Å². The predicted octanol–water partition coefficient (Wildman–Crippen LogP) is 3.87. The number of ether oxygens (including phenoxy) is 1. The Morgan fingerprint density at radius 3 is 2.26 bits per heavy atom. The number of hydrogen-bond acceptors (Lipinski definition) is 5. The van der Waals surface area contributed by atoms with E-state index in [2.05, 4.69) is 62.2 Å². The number of aromatic nitrogens is 2. The average molecular weight is 360 g/mol. The second-order valence-corrected chi connectivity index (χ2v) is 6.50. The third kappa shape index (κ3) is 3.87. The first-order chi connectivity index (χ1) is 13.3. The van der Waals surface area contributed by atoms with Crippen LogP contribution in [0.3, 0.4) is 0 Å². The zero-order chi connectivity index (χ0) is 18.5. The fourth-order valence-electron chi connectivity index (χ4n) is 3.46. The third-order valence-electron chi connectivity index (χ3n) is 4.83. The maximum absolute atomic E-state index is 5.87. The molecule has 0 aliphatic carbocycles. The molecule has 0 N–H and O–H groups in total. The van der Waals surface area contributed by atoms with Gasteiger partial charge in [0.2, 0.25) is 5.95 Å². The van der Waals surface area contributed by atoms with E-state index in [1.165, 1.54) is 11.3 Å². The maximum atomic E-state index is 5.87. The fourth-order valence-corrected chi connectivity index (χ4v) is 3.46. The van der Waals surface area contributed by atoms with Crippen LogP contribution in [-0.4, -0.2) is 42.8 Å². The van der Waals surface area contributed by atoms with Crippen LogP contribution >= 0.6 is 0 Å². The van der Waals surface area contributed by atoms with E-state index in [0.717, 1.165) is 43.4 Å². The molecule has 0 amide bonds. The molecule has 0 unspecified atom stereocenters. The predicted molar refractivity (Wildman–Crippen MR) is 110 cm³/mol. The van der Waals surface area contributed by atoms with Gasteiger partial charge in [-0.15, -0.1) is 0 Å². The van der Waals surface area contributed by atoms with Crippen molar-refractivity contribution < 1.29 is 4.74 Å². The number of rotatable bonds is 5. The van der Waals surface area contributed by atoms with Crippen molar-refractivity contribution in [1.82, 2.24) is 9.97 Å². The molecular formula is C22H24N4O. The van der Waals surface area contributed by atoms with Gasteiger partial charge in [0.1, 0.15) is 5.75 Å². The SMILES string of the molecule is CCOc1ccc(N2CCN(c3ncccn3)CC2)cc1-c1ccccc1. The standard InChI is InChI=1S/C22H24N4O/c1-2-27-21-10-9-19(17-20(21)18-7-4-3-5-8-18)25-13-15-26(16-14-25)22-23-11-6-12-24-22/h3-12,17H,2,13-16H2,1H3. The van der Waals surface area contributed by atoms with Crippen molar-refractivity contribution in [3.8, 4) is 16.9 Å². The molecule has 1 aromatic heterocycles. The highest BCUT2D eigenvalue weighted by Crippen LogP contribution is 2.34. The summed E-state index contributed by atoms with van der Waals surface area (Å²) in [6, 6.07) is 18.8. The number of anilines is 2. The van der Waals surface area contributed by atoms with Crippen LogP contribution < -0.4 is 14.5 Å². The van der Waals surface area contributed by atoms with Crippen molar-refractivity contribution in [3.63, 3.8) is 0 Å². The Labute approximate surface area is 160 Å². The Morgan fingerprint density at radius 1 is 0.852 bits per heavy atom. The van der Waals surface area contributed by atoms with Crippen molar-refractivity contribution in [3.05, 3.63) is 67.0 Å². The van der Waals surface area contributed by atoms with Crippen LogP contribution in [0.2, 0.25) is 0 Å². The topological polar surface area (TPSA) is 41.5 Å². The van der Waals surface area contributed by atoms with E-state index in [-0.39, 0.29) is 0 Å². The monoisotopic (exact) mass is 360 g/mol. The van der Waals surface area contributed by atoms with Gasteiger partial charge in [0, 0.05) is 49.8 Å². The summed E-state index contributed by atoms with van der Waals surface area (Å²) in [7, 11) is 0. The molecule has 2 aromatic carbocycles. The first-order valence-corrected chi connectivity index (χ1v) is 9.44. The van der Waals surface area contributed by atoms with Gasteiger partial charge in [-0.1, -0.05) is 30.3 Å². The Bertz CT molecular complexity index is 862. The van der Waals surface area contributed by atoms with Gasteiger partial charge in [-0.2, -0.15) is 0 Å². The highest BCUT2D eigenvalue weighted by Gasteiger charge is 2.20. The first kappa shape index (κ1) is 17.3. The molecule has 4 rings (SSSR count). The van der Waals surface area contributed by atoms with E-state index in [4.69, 9.17) is 4.74 Å².